The largest absolute Gasteiger partial charge is 0.467 e. The molecule has 0 aliphatic carbocycles. The van der Waals surface area contributed by atoms with Crippen molar-refractivity contribution in [1.29, 1.82) is 0 Å². The van der Waals surface area contributed by atoms with Crippen molar-refractivity contribution in [2.75, 3.05) is 7.05 Å². The van der Waals surface area contributed by atoms with Crippen molar-refractivity contribution >= 4 is 11.6 Å². The quantitative estimate of drug-likeness (QED) is 0.740. The molecule has 0 aromatic carbocycles. The minimum atomic E-state index is -0.384. The van der Waals surface area contributed by atoms with Crippen LogP contribution < -0.4 is 5.56 Å². The lowest BCUT2D eigenvalue weighted by atomic mass is 10.2. The summed E-state index contributed by atoms with van der Waals surface area (Å²) in [5.41, 5.74) is 1.10. The summed E-state index contributed by atoms with van der Waals surface area (Å²) in [4.78, 5) is 30.5. The zero-order valence-corrected chi connectivity index (χ0v) is 12.3. The molecular weight excluding hydrogens is 282 g/mol. The fraction of sp³-hybridized carbons (Fsp3) is 0.188. The van der Waals surface area contributed by atoms with Gasteiger partial charge in [0.05, 0.1) is 12.8 Å². The number of nitrogens with zero attached hydrogens (tertiary/aromatic N) is 3. The Bertz CT molecular complexity index is 881. The molecule has 6 heteroatoms. The third kappa shape index (κ3) is 2.50. The zero-order valence-electron chi connectivity index (χ0n) is 12.3. The molecule has 1 amide bonds. The number of fused-ring (bicyclic) bond motifs is 1. The second kappa shape index (κ2) is 5.48. The molecule has 22 heavy (non-hydrogen) atoms. The van der Waals surface area contributed by atoms with Gasteiger partial charge in [-0.2, -0.15) is 0 Å². The van der Waals surface area contributed by atoms with Gasteiger partial charge >= 0.3 is 0 Å². The van der Waals surface area contributed by atoms with Gasteiger partial charge in [0.15, 0.2) is 0 Å². The average molecular weight is 297 g/mol. The molecule has 3 aromatic rings. The lowest BCUT2D eigenvalue weighted by Crippen LogP contribution is -2.32. The van der Waals surface area contributed by atoms with Crippen LogP contribution >= 0.6 is 0 Å². The molecule has 3 rings (SSSR count). The Morgan fingerprint density at radius 3 is 2.91 bits per heavy atom. The number of aromatic nitrogens is 2. The van der Waals surface area contributed by atoms with Gasteiger partial charge in [0, 0.05) is 19.4 Å². The van der Waals surface area contributed by atoms with E-state index in [1.54, 1.807) is 37.7 Å². The maximum absolute atomic E-state index is 12.5. The summed E-state index contributed by atoms with van der Waals surface area (Å²) in [5.74, 6) is 0.269. The molecule has 6 nitrogen and oxygen atoms in total. The van der Waals surface area contributed by atoms with E-state index in [1.807, 2.05) is 13.0 Å². The molecule has 0 radical (unpaired) electrons. The number of furan rings is 1. The van der Waals surface area contributed by atoms with Crippen molar-refractivity contribution < 1.29 is 9.21 Å². The molecule has 0 atom stereocenters. The second-order valence-corrected chi connectivity index (χ2v) is 5.15. The highest BCUT2D eigenvalue weighted by Crippen LogP contribution is 2.07. The van der Waals surface area contributed by atoms with Gasteiger partial charge in [-0.3, -0.25) is 14.0 Å². The first-order valence-corrected chi connectivity index (χ1v) is 6.82. The van der Waals surface area contributed by atoms with Crippen LogP contribution in [0.1, 0.15) is 21.7 Å². The Labute approximate surface area is 126 Å². The van der Waals surface area contributed by atoms with E-state index < -0.39 is 0 Å². The molecule has 0 unspecified atom stereocenters. The van der Waals surface area contributed by atoms with Crippen molar-refractivity contribution in [3.05, 3.63) is 70.2 Å². The van der Waals surface area contributed by atoms with Gasteiger partial charge in [-0.15, -0.1) is 0 Å². The second-order valence-electron chi connectivity index (χ2n) is 5.15. The maximum atomic E-state index is 12.5. The molecule has 0 aliphatic rings. The number of hydrogen-bond donors (Lipinski definition) is 0. The van der Waals surface area contributed by atoms with Gasteiger partial charge in [-0.1, -0.05) is 6.07 Å². The van der Waals surface area contributed by atoms with Crippen LogP contribution in [0.5, 0.6) is 0 Å². The predicted octanol–water partition coefficient (Wildman–Crippen LogP) is 1.87. The number of hydrogen-bond acceptors (Lipinski definition) is 4. The monoisotopic (exact) mass is 297 g/mol. The standard InChI is InChI=1S/C16H15N3O3/c1-11-5-6-14-17-8-13(16(21)19(14)9-11)15(20)18(2)10-12-4-3-7-22-12/h3-9H,10H2,1-2H3. The molecule has 0 saturated carbocycles. The number of pyridine rings is 1. The van der Waals surface area contributed by atoms with Crippen LogP contribution in [-0.2, 0) is 6.54 Å². The molecule has 0 bridgehead atoms. The molecule has 0 aliphatic heterocycles. The highest BCUT2D eigenvalue weighted by molar-refractivity contribution is 5.93. The highest BCUT2D eigenvalue weighted by Gasteiger charge is 2.18. The van der Waals surface area contributed by atoms with Crippen LogP contribution in [0.4, 0.5) is 0 Å². The Balaban J connectivity index is 1.97. The van der Waals surface area contributed by atoms with E-state index in [9.17, 15) is 9.59 Å². The SMILES string of the molecule is Cc1ccc2ncc(C(=O)N(C)Cc3ccco3)c(=O)n2c1. The van der Waals surface area contributed by atoms with Gasteiger partial charge in [0.1, 0.15) is 17.0 Å². The van der Waals surface area contributed by atoms with Gasteiger partial charge < -0.3 is 9.32 Å². The Hall–Kier alpha value is -2.89. The van der Waals surface area contributed by atoms with Gasteiger partial charge in [0.25, 0.3) is 11.5 Å². The number of carbonyl (C=O) groups is 1. The Morgan fingerprint density at radius 1 is 1.36 bits per heavy atom. The highest BCUT2D eigenvalue weighted by atomic mass is 16.3. The number of carbonyl (C=O) groups excluding carboxylic acids is 1. The van der Waals surface area contributed by atoms with E-state index in [-0.39, 0.29) is 17.0 Å². The number of rotatable bonds is 3. The molecule has 0 spiro atoms. The third-order valence-corrected chi connectivity index (χ3v) is 3.40. The van der Waals surface area contributed by atoms with E-state index in [4.69, 9.17) is 4.42 Å². The molecule has 3 aromatic heterocycles. The fourth-order valence-corrected chi connectivity index (χ4v) is 2.24. The van der Waals surface area contributed by atoms with Crippen molar-refractivity contribution in [2.24, 2.45) is 0 Å². The van der Waals surface area contributed by atoms with Crippen LogP contribution in [0.3, 0.4) is 0 Å². The molecule has 3 heterocycles. The van der Waals surface area contributed by atoms with Crippen LogP contribution in [0, 0.1) is 6.92 Å². The molecule has 0 fully saturated rings. The minimum Gasteiger partial charge on any atom is -0.467 e. The van der Waals surface area contributed by atoms with E-state index >= 15 is 0 Å². The van der Waals surface area contributed by atoms with E-state index in [1.165, 1.54) is 15.5 Å². The van der Waals surface area contributed by atoms with E-state index in [0.717, 1.165) is 5.56 Å². The summed E-state index contributed by atoms with van der Waals surface area (Å²) in [5, 5.41) is 0. The number of amides is 1. The van der Waals surface area contributed by atoms with Gasteiger partial charge in [-0.05, 0) is 30.7 Å². The summed E-state index contributed by atoms with van der Waals surface area (Å²) in [6, 6.07) is 7.14. The molecule has 0 N–H and O–H groups in total. The topological polar surface area (TPSA) is 67.8 Å². The van der Waals surface area contributed by atoms with Crippen LogP contribution in [0.2, 0.25) is 0 Å². The first-order valence-electron chi connectivity index (χ1n) is 6.82. The molecular formula is C16H15N3O3. The van der Waals surface area contributed by atoms with Crippen LogP contribution in [0.15, 0.2) is 52.1 Å². The predicted molar refractivity (Wildman–Crippen MR) is 80.7 cm³/mol. The fourth-order valence-electron chi connectivity index (χ4n) is 2.24. The lowest BCUT2D eigenvalue weighted by Gasteiger charge is -2.15. The summed E-state index contributed by atoms with van der Waals surface area (Å²) in [6.45, 7) is 2.17. The van der Waals surface area contributed by atoms with E-state index in [0.29, 0.717) is 18.0 Å². The Kier molecular flexibility index (Phi) is 3.50. The third-order valence-electron chi connectivity index (χ3n) is 3.40. The average Bonchev–Trinajstić information content (AvgIpc) is 3.00. The van der Waals surface area contributed by atoms with Crippen LogP contribution in [0.25, 0.3) is 5.65 Å². The van der Waals surface area contributed by atoms with Gasteiger partial charge in [0.2, 0.25) is 0 Å². The first kappa shape index (κ1) is 14.1. The number of aryl methyl sites for hydroxylation is 1. The van der Waals surface area contributed by atoms with Gasteiger partial charge in [-0.25, -0.2) is 4.98 Å². The summed E-state index contributed by atoms with van der Waals surface area (Å²) in [7, 11) is 1.62. The normalized spacial score (nSPS) is 10.8. The molecule has 0 saturated heterocycles. The van der Waals surface area contributed by atoms with E-state index in [2.05, 4.69) is 4.98 Å². The maximum Gasteiger partial charge on any atom is 0.270 e. The van der Waals surface area contributed by atoms with Crippen molar-refractivity contribution in [1.82, 2.24) is 14.3 Å². The van der Waals surface area contributed by atoms with Crippen LogP contribution in [-0.4, -0.2) is 27.2 Å². The van der Waals surface area contributed by atoms with Crippen molar-refractivity contribution in [2.45, 2.75) is 13.5 Å². The smallest absolute Gasteiger partial charge is 0.270 e. The minimum absolute atomic E-state index is 0.0390. The lowest BCUT2D eigenvalue weighted by molar-refractivity contribution is 0.0773. The van der Waals surface area contributed by atoms with Crippen molar-refractivity contribution in [3.8, 4) is 0 Å². The molecule has 112 valence electrons. The Morgan fingerprint density at radius 2 is 2.18 bits per heavy atom. The van der Waals surface area contributed by atoms with Crippen molar-refractivity contribution in [3.63, 3.8) is 0 Å². The summed E-state index contributed by atoms with van der Waals surface area (Å²) >= 11 is 0. The summed E-state index contributed by atoms with van der Waals surface area (Å²) < 4.78 is 6.61. The summed E-state index contributed by atoms with van der Waals surface area (Å²) in [6.07, 6.45) is 4.55. The zero-order chi connectivity index (χ0) is 15.7. The first-order chi connectivity index (χ1) is 10.6.